The highest BCUT2D eigenvalue weighted by molar-refractivity contribution is 6.01. The fourth-order valence-corrected chi connectivity index (χ4v) is 4.15. The van der Waals surface area contributed by atoms with Crippen LogP contribution >= 0.6 is 0 Å². The first-order valence-electron chi connectivity index (χ1n) is 11.7. The third kappa shape index (κ3) is 6.05. The molecule has 1 heterocycles. The van der Waals surface area contributed by atoms with E-state index >= 15 is 0 Å². The number of methoxy groups -OCH3 is 1. The van der Waals surface area contributed by atoms with Gasteiger partial charge in [-0.05, 0) is 54.4 Å². The second-order valence-corrected chi connectivity index (χ2v) is 8.57. The minimum absolute atomic E-state index is 0.00831. The average molecular weight is 488 g/mol. The molecule has 0 aromatic heterocycles. The Morgan fingerprint density at radius 2 is 1.61 bits per heavy atom. The van der Waals surface area contributed by atoms with Crippen molar-refractivity contribution in [1.29, 1.82) is 0 Å². The molecule has 186 valence electrons. The van der Waals surface area contributed by atoms with Crippen LogP contribution in [0, 0.1) is 10.1 Å². The molecule has 0 aliphatic carbocycles. The molecule has 0 atom stereocenters. The number of carbonyl (C=O) groups excluding carboxylic acids is 1. The number of hydrazone groups is 1. The van der Waals surface area contributed by atoms with E-state index in [1.807, 2.05) is 30.3 Å². The summed E-state index contributed by atoms with van der Waals surface area (Å²) in [6, 6.07) is 21.7. The lowest BCUT2D eigenvalue weighted by Crippen LogP contribution is -2.46. The van der Waals surface area contributed by atoms with Crippen molar-refractivity contribution in [3.63, 3.8) is 0 Å². The van der Waals surface area contributed by atoms with Crippen molar-refractivity contribution in [3.8, 4) is 5.75 Å². The lowest BCUT2D eigenvalue weighted by Gasteiger charge is -2.36. The molecule has 9 nitrogen and oxygen atoms in total. The summed E-state index contributed by atoms with van der Waals surface area (Å²) in [6.07, 6.45) is 0. The van der Waals surface area contributed by atoms with Gasteiger partial charge in [-0.1, -0.05) is 24.3 Å². The Bertz CT molecular complexity index is 1230. The molecule has 0 spiro atoms. The van der Waals surface area contributed by atoms with Gasteiger partial charge in [0.1, 0.15) is 5.75 Å². The number of nitro benzene ring substituents is 1. The molecule has 1 saturated heterocycles. The number of nitrogens with zero attached hydrogens (tertiary/aromatic N) is 4. The number of amides is 1. The van der Waals surface area contributed by atoms with Gasteiger partial charge in [0.2, 0.25) is 0 Å². The van der Waals surface area contributed by atoms with E-state index in [4.69, 9.17) is 4.74 Å². The van der Waals surface area contributed by atoms with Gasteiger partial charge in [0.05, 0.1) is 23.4 Å². The normalized spacial score (nSPS) is 14.4. The average Bonchev–Trinajstić information content (AvgIpc) is 2.92. The first-order valence-corrected chi connectivity index (χ1v) is 11.7. The highest BCUT2D eigenvalue weighted by Crippen LogP contribution is 2.28. The maximum atomic E-state index is 12.5. The molecule has 4 rings (SSSR count). The van der Waals surface area contributed by atoms with Crippen LogP contribution in [-0.4, -0.2) is 54.7 Å². The minimum atomic E-state index is -0.455. The van der Waals surface area contributed by atoms with E-state index in [0.29, 0.717) is 16.8 Å². The molecule has 1 fully saturated rings. The van der Waals surface area contributed by atoms with E-state index in [1.165, 1.54) is 12.1 Å². The van der Waals surface area contributed by atoms with Crippen molar-refractivity contribution in [2.24, 2.45) is 5.10 Å². The van der Waals surface area contributed by atoms with Crippen molar-refractivity contribution in [1.82, 2.24) is 10.3 Å². The molecule has 0 radical (unpaired) electrons. The van der Waals surface area contributed by atoms with Crippen molar-refractivity contribution < 1.29 is 14.5 Å². The van der Waals surface area contributed by atoms with Gasteiger partial charge in [0, 0.05) is 50.4 Å². The maximum absolute atomic E-state index is 12.5. The van der Waals surface area contributed by atoms with Crippen LogP contribution in [0.1, 0.15) is 28.4 Å². The quantitative estimate of drug-likeness (QED) is 0.292. The van der Waals surface area contributed by atoms with Gasteiger partial charge in [0.25, 0.3) is 11.6 Å². The van der Waals surface area contributed by atoms with Crippen molar-refractivity contribution in [3.05, 3.63) is 99.6 Å². The summed E-state index contributed by atoms with van der Waals surface area (Å²) in [5, 5.41) is 14.9. The number of benzene rings is 3. The number of nitrogens with one attached hydrogen (secondary N) is 1. The number of anilines is 1. The number of nitro groups is 1. The molecule has 1 aliphatic rings. The van der Waals surface area contributed by atoms with Crippen LogP contribution in [0.2, 0.25) is 0 Å². The molecule has 1 amide bonds. The fraction of sp³-hybridized carbons (Fsp3) is 0.259. The summed E-state index contributed by atoms with van der Waals surface area (Å²) in [6.45, 7) is 6.28. The molecule has 3 aromatic rings. The molecule has 0 saturated carbocycles. The number of rotatable bonds is 8. The lowest BCUT2D eigenvalue weighted by molar-refractivity contribution is -0.384. The molecular formula is C27H29N5O4. The number of carbonyl (C=O) groups is 1. The summed E-state index contributed by atoms with van der Waals surface area (Å²) in [5.41, 5.74) is 6.60. The van der Waals surface area contributed by atoms with E-state index in [1.54, 1.807) is 38.3 Å². The second-order valence-electron chi connectivity index (χ2n) is 8.57. The third-order valence-electron chi connectivity index (χ3n) is 6.24. The van der Waals surface area contributed by atoms with Gasteiger partial charge >= 0.3 is 0 Å². The Morgan fingerprint density at radius 3 is 2.25 bits per heavy atom. The van der Waals surface area contributed by atoms with Crippen LogP contribution < -0.4 is 15.1 Å². The number of hydrogen-bond donors (Lipinski definition) is 1. The number of ether oxygens (including phenoxy) is 1. The highest BCUT2D eigenvalue weighted by Gasteiger charge is 2.19. The molecule has 0 bridgehead atoms. The molecule has 3 aromatic carbocycles. The van der Waals surface area contributed by atoms with E-state index in [9.17, 15) is 14.9 Å². The highest BCUT2D eigenvalue weighted by atomic mass is 16.6. The van der Waals surface area contributed by atoms with Crippen molar-refractivity contribution in [2.45, 2.75) is 13.5 Å². The predicted molar refractivity (Wildman–Crippen MR) is 140 cm³/mol. The monoisotopic (exact) mass is 487 g/mol. The summed E-state index contributed by atoms with van der Waals surface area (Å²) in [5.74, 6) is 0.584. The summed E-state index contributed by atoms with van der Waals surface area (Å²) >= 11 is 0. The Hall–Kier alpha value is -4.24. The molecule has 9 heteroatoms. The van der Waals surface area contributed by atoms with Crippen molar-refractivity contribution >= 4 is 23.0 Å². The molecule has 0 unspecified atom stereocenters. The van der Waals surface area contributed by atoms with Crippen LogP contribution in [0.25, 0.3) is 0 Å². The number of non-ortho nitro benzene ring substituents is 1. The van der Waals surface area contributed by atoms with Gasteiger partial charge < -0.3 is 9.64 Å². The topological polar surface area (TPSA) is 100 Å². The van der Waals surface area contributed by atoms with Crippen LogP contribution in [0.3, 0.4) is 0 Å². The van der Waals surface area contributed by atoms with Gasteiger partial charge in [-0.2, -0.15) is 5.10 Å². The van der Waals surface area contributed by atoms with E-state index in [-0.39, 0.29) is 11.6 Å². The first-order chi connectivity index (χ1) is 17.4. The standard InChI is InChI=1S/C27H29N5O4/c1-20(22-11-13-24(14-12-22)32(34)35)28-29-27(33)23-9-7-21(8-10-23)19-30-15-17-31(18-16-30)25-5-3-4-6-26(25)36-2/h3-14H,15-19H2,1-2H3,(H,29,33)/b28-20-. The smallest absolute Gasteiger partial charge is 0.271 e. The van der Waals surface area contributed by atoms with Crippen molar-refractivity contribution in [2.75, 3.05) is 38.2 Å². The summed E-state index contributed by atoms with van der Waals surface area (Å²) < 4.78 is 5.50. The zero-order chi connectivity index (χ0) is 25.5. The third-order valence-corrected chi connectivity index (χ3v) is 6.24. The number of para-hydroxylation sites is 2. The van der Waals surface area contributed by atoms with Crippen LogP contribution in [0.5, 0.6) is 5.75 Å². The largest absolute Gasteiger partial charge is 0.495 e. The zero-order valence-electron chi connectivity index (χ0n) is 20.4. The van der Waals surface area contributed by atoms with E-state index < -0.39 is 4.92 Å². The fourth-order valence-electron chi connectivity index (χ4n) is 4.15. The zero-order valence-corrected chi connectivity index (χ0v) is 20.4. The SMILES string of the molecule is COc1ccccc1N1CCN(Cc2ccc(C(=O)N/N=C(/C)c3ccc([N+](=O)[O-])cc3)cc2)CC1. The Kier molecular flexibility index (Phi) is 7.92. The van der Waals surface area contributed by atoms with Crippen LogP contribution in [-0.2, 0) is 6.54 Å². The molecule has 1 aliphatic heterocycles. The maximum Gasteiger partial charge on any atom is 0.271 e. The Balaban J connectivity index is 1.28. The lowest BCUT2D eigenvalue weighted by atomic mass is 10.1. The van der Waals surface area contributed by atoms with Gasteiger partial charge in [0.15, 0.2) is 0 Å². The van der Waals surface area contributed by atoms with E-state index in [0.717, 1.165) is 49.7 Å². The second kappa shape index (κ2) is 11.5. The summed E-state index contributed by atoms with van der Waals surface area (Å²) in [7, 11) is 1.70. The molecular weight excluding hydrogens is 458 g/mol. The van der Waals surface area contributed by atoms with Crippen LogP contribution in [0.4, 0.5) is 11.4 Å². The van der Waals surface area contributed by atoms with Gasteiger partial charge in [-0.15, -0.1) is 0 Å². The Morgan fingerprint density at radius 1 is 0.972 bits per heavy atom. The van der Waals surface area contributed by atoms with Crippen LogP contribution in [0.15, 0.2) is 77.9 Å². The summed E-state index contributed by atoms with van der Waals surface area (Å²) in [4.78, 5) is 27.6. The van der Waals surface area contributed by atoms with Gasteiger partial charge in [-0.25, -0.2) is 5.43 Å². The van der Waals surface area contributed by atoms with Gasteiger partial charge in [-0.3, -0.25) is 19.8 Å². The number of hydrogen-bond acceptors (Lipinski definition) is 7. The predicted octanol–water partition coefficient (Wildman–Crippen LogP) is 4.08. The molecule has 36 heavy (non-hydrogen) atoms. The Labute approximate surface area is 210 Å². The molecule has 1 N–H and O–H groups in total. The minimum Gasteiger partial charge on any atom is -0.495 e. The number of piperazine rings is 1. The van der Waals surface area contributed by atoms with E-state index in [2.05, 4.69) is 26.4 Å². The first kappa shape index (κ1) is 24.9.